The van der Waals surface area contributed by atoms with Crippen molar-refractivity contribution in [3.05, 3.63) is 53.7 Å². The van der Waals surface area contributed by atoms with Crippen molar-refractivity contribution in [2.45, 2.75) is 11.8 Å². The first-order chi connectivity index (χ1) is 11.9. The van der Waals surface area contributed by atoms with Crippen LogP contribution in [0.5, 0.6) is 11.5 Å². The van der Waals surface area contributed by atoms with E-state index in [9.17, 15) is 13.5 Å². The molecule has 25 heavy (non-hydrogen) atoms. The van der Waals surface area contributed by atoms with Gasteiger partial charge >= 0.3 is 0 Å². The molecule has 0 fully saturated rings. The Morgan fingerprint density at radius 3 is 2.76 bits per heavy atom. The molecule has 0 aliphatic heterocycles. The number of phenols is 1. The molecule has 0 aliphatic carbocycles. The summed E-state index contributed by atoms with van der Waals surface area (Å²) in [7, 11) is -4.05. The van der Waals surface area contributed by atoms with Crippen molar-refractivity contribution < 1.29 is 18.3 Å². The average Bonchev–Trinajstić information content (AvgIpc) is 2.59. The molecule has 3 rings (SSSR count). The summed E-state index contributed by atoms with van der Waals surface area (Å²) in [4.78, 5) is 3.94. The van der Waals surface area contributed by atoms with Gasteiger partial charge in [0.15, 0.2) is 5.75 Å². The van der Waals surface area contributed by atoms with E-state index in [1.807, 2.05) is 6.92 Å². The predicted molar refractivity (Wildman–Crippen MR) is 96.8 cm³/mol. The Morgan fingerprint density at radius 1 is 1.20 bits per heavy atom. The van der Waals surface area contributed by atoms with Crippen LogP contribution in [0.15, 0.2) is 53.6 Å². The number of hydrogen-bond acceptors (Lipinski definition) is 5. The second-order valence-corrected chi connectivity index (χ2v) is 7.19. The van der Waals surface area contributed by atoms with Crippen LogP contribution < -0.4 is 9.46 Å². The molecule has 0 bridgehead atoms. The van der Waals surface area contributed by atoms with Gasteiger partial charge in [-0.15, -0.1) is 0 Å². The lowest BCUT2D eigenvalue weighted by atomic mass is 10.2. The van der Waals surface area contributed by atoms with Gasteiger partial charge in [0.05, 0.1) is 22.8 Å². The van der Waals surface area contributed by atoms with Gasteiger partial charge in [-0.05, 0) is 43.3 Å². The van der Waals surface area contributed by atoms with Crippen LogP contribution in [-0.4, -0.2) is 25.1 Å². The summed E-state index contributed by atoms with van der Waals surface area (Å²) >= 11 is 5.80. The Labute approximate surface area is 150 Å². The highest BCUT2D eigenvalue weighted by molar-refractivity contribution is 7.92. The zero-order valence-corrected chi connectivity index (χ0v) is 14.8. The molecule has 2 N–H and O–H groups in total. The van der Waals surface area contributed by atoms with Crippen molar-refractivity contribution in [1.29, 1.82) is 0 Å². The summed E-state index contributed by atoms with van der Waals surface area (Å²) in [5.74, 6) is 0.110. The molecular weight excluding hydrogens is 364 g/mol. The Bertz CT molecular complexity index is 1040. The number of nitrogens with zero attached hydrogens (tertiary/aromatic N) is 1. The lowest BCUT2D eigenvalue weighted by Gasteiger charge is -2.13. The van der Waals surface area contributed by atoms with E-state index >= 15 is 0 Å². The highest BCUT2D eigenvalue weighted by Gasteiger charge is 2.22. The molecule has 6 nitrogen and oxygen atoms in total. The smallest absolute Gasteiger partial charge is 0.265 e. The van der Waals surface area contributed by atoms with Gasteiger partial charge in [0.25, 0.3) is 10.0 Å². The van der Waals surface area contributed by atoms with Gasteiger partial charge in [-0.2, -0.15) is 0 Å². The van der Waals surface area contributed by atoms with Gasteiger partial charge in [0.1, 0.15) is 10.6 Å². The number of phenolic OH excluding ortho intramolecular Hbond substituents is 1. The van der Waals surface area contributed by atoms with Crippen LogP contribution in [0.4, 0.5) is 5.69 Å². The van der Waals surface area contributed by atoms with E-state index in [1.165, 1.54) is 18.2 Å². The minimum atomic E-state index is -4.05. The number of nitrogens with one attached hydrogen (secondary N) is 1. The molecule has 2 aromatic carbocycles. The van der Waals surface area contributed by atoms with Crippen molar-refractivity contribution in [1.82, 2.24) is 4.98 Å². The summed E-state index contributed by atoms with van der Waals surface area (Å²) in [6, 6.07) is 10.9. The van der Waals surface area contributed by atoms with E-state index in [4.69, 9.17) is 16.3 Å². The number of fused-ring (bicyclic) bond motifs is 1. The number of sulfonamides is 1. The summed E-state index contributed by atoms with van der Waals surface area (Å²) in [5.41, 5.74) is 0.719. The molecule has 0 radical (unpaired) electrons. The van der Waals surface area contributed by atoms with Gasteiger partial charge in [-0.1, -0.05) is 17.7 Å². The number of aromatic nitrogens is 1. The topological polar surface area (TPSA) is 88.5 Å². The lowest BCUT2D eigenvalue weighted by molar-refractivity contribution is 0.344. The molecule has 0 unspecified atom stereocenters. The molecule has 0 aliphatic rings. The van der Waals surface area contributed by atoms with E-state index in [1.54, 1.807) is 30.5 Å². The standard InChI is InChI=1S/C17H15ClN2O4S/c1-2-24-14-9-8-13(16-11(14)5-4-10-19-16)20-25(22,23)15-7-3-6-12(18)17(15)21/h3-10,20-21H,2H2,1H3. The number of para-hydroxylation sites is 1. The van der Waals surface area contributed by atoms with Crippen LogP contribution in [0, 0.1) is 0 Å². The molecule has 0 atom stereocenters. The molecule has 1 aromatic heterocycles. The van der Waals surface area contributed by atoms with Crippen LogP contribution in [0.2, 0.25) is 5.02 Å². The maximum absolute atomic E-state index is 12.6. The van der Waals surface area contributed by atoms with Crippen molar-refractivity contribution in [3.63, 3.8) is 0 Å². The summed E-state index contributed by atoms with van der Waals surface area (Å²) in [5, 5.41) is 10.6. The van der Waals surface area contributed by atoms with Crippen LogP contribution in [-0.2, 0) is 10.0 Å². The molecule has 0 saturated carbocycles. The van der Waals surface area contributed by atoms with Crippen LogP contribution >= 0.6 is 11.6 Å². The Balaban J connectivity index is 2.09. The lowest BCUT2D eigenvalue weighted by Crippen LogP contribution is -2.14. The van der Waals surface area contributed by atoms with Gasteiger partial charge in [0.2, 0.25) is 0 Å². The van der Waals surface area contributed by atoms with E-state index in [2.05, 4.69) is 9.71 Å². The number of benzene rings is 2. The quantitative estimate of drug-likeness (QED) is 0.705. The summed E-state index contributed by atoms with van der Waals surface area (Å²) < 4.78 is 33.3. The highest BCUT2D eigenvalue weighted by Crippen LogP contribution is 2.34. The number of hydrogen-bond donors (Lipinski definition) is 2. The van der Waals surface area contributed by atoms with Crippen molar-refractivity contribution >= 4 is 38.2 Å². The number of rotatable bonds is 5. The monoisotopic (exact) mass is 378 g/mol. The van der Waals surface area contributed by atoms with Crippen LogP contribution in [0.3, 0.4) is 0 Å². The second kappa shape index (κ2) is 6.78. The van der Waals surface area contributed by atoms with Crippen molar-refractivity contribution in [2.75, 3.05) is 11.3 Å². The van der Waals surface area contributed by atoms with E-state index in [0.29, 0.717) is 23.3 Å². The number of ether oxygens (including phenoxy) is 1. The molecule has 0 saturated heterocycles. The molecule has 0 spiro atoms. The van der Waals surface area contributed by atoms with Gasteiger partial charge < -0.3 is 9.84 Å². The first-order valence-electron chi connectivity index (χ1n) is 7.45. The minimum Gasteiger partial charge on any atom is -0.505 e. The van der Waals surface area contributed by atoms with Crippen molar-refractivity contribution in [2.24, 2.45) is 0 Å². The van der Waals surface area contributed by atoms with Gasteiger partial charge in [-0.25, -0.2) is 8.42 Å². The minimum absolute atomic E-state index is 0.0439. The predicted octanol–water partition coefficient (Wildman–Crippen LogP) is 3.79. The van der Waals surface area contributed by atoms with Crippen LogP contribution in [0.25, 0.3) is 10.9 Å². The third kappa shape index (κ3) is 3.33. The zero-order chi connectivity index (χ0) is 18.0. The van der Waals surface area contributed by atoms with Gasteiger partial charge in [0, 0.05) is 11.6 Å². The molecule has 8 heteroatoms. The largest absolute Gasteiger partial charge is 0.505 e. The molecule has 1 heterocycles. The fourth-order valence-electron chi connectivity index (χ4n) is 2.42. The Morgan fingerprint density at radius 2 is 2.00 bits per heavy atom. The van der Waals surface area contributed by atoms with Gasteiger partial charge in [-0.3, -0.25) is 9.71 Å². The zero-order valence-electron chi connectivity index (χ0n) is 13.2. The third-order valence-electron chi connectivity index (χ3n) is 3.51. The molecular formula is C17H15ClN2O4S. The second-order valence-electron chi connectivity index (χ2n) is 5.14. The van der Waals surface area contributed by atoms with E-state index < -0.39 is 15.8 Å². The Kier molecular flexibility index (Phi) is 4.69. The fourth-order valence-corrected chi connectivity index (χ4v) is 3.84. The third-order valence-corrected chi connectivity index (χ3v) is 5.22. The summed E-state index contributed by atoms with van der Waals surface area (Å²) in [6.45, 7) is 2.34. The number of pyridine rings is 1. The molecule has 130 valence electrons. The number of halogens is 1. The molecule has 3 aromatic rings. The number of anilines is 1. The van der Waals surface area contributed by atoms with E-state index in [0.717, 1.165) is 0 Å². The van der Waals surface area contributed by atoms with Crippen molar-refractivity contribution in [3.8, 4) is 11.5 Å². The van der Waals surface area contributed by atoms with Crippen LogP contribution in [0.1, 0.15) is 6.92 Å². The first kappa shape index (κ1) is 17.3. The summed E-state index contributed by atoms with van der Waals surface area (Å²) in [6.07, 6.45) is 1.56. The average molecular weight is 379 g/mol. The number of aromatic hydroxyl groups is 1. The van der Waals surface area contributed by atoms with E-state index in [-0.39, 0.29) is 15.6 Å². The normalized spacial score (nSPS) is 11.4. The highest BCUT2D eigenvalue weighted by atomic mass is 35.5. The first-order valence-corrected chi connectivity index (χ1v) is 9.31. The molecule has 0 amide bonds. The maximum Gasteiger partial charge on any atom is 0.265 e. The Hall–Kier alpha value is -2.51. The maximum atomic E-state index is 12.6. The fraction of sp³-hybridized carbons (Fsp3) is 0.118. The SMILES string of the molecule is CCOc1ccc(NS(=O)(=O)c2cccc(Cl)c2O)c2ncccc12.